The van der Waals surface area contributed by atoms with Gasteiger partial charge in [0.15, 0.2) is 5.76 Å². The Balaban J connectivity index is 1.92. The van der Waals surface area contributed by atoms with Crippen LogP contribution in [-0.2, 0) is 0 Å². The summed E-state index contributed by atoms with van der Waals surface area (Å²) in [5.74, 6) is 0.766. The summed E-state index contributed by atoms with van der Waals surface area (Å²) in [6.07, 6.45) is 3.78. The fraction of sp³-hybridized carbons (Fsp3) is 0.0625. The highest BCUT2D eigenvalue weighted by atomic mass is 35.5. The lowest BCUT2D eigenvalue weighted by Gasteiger charge is -2.00. The minimum absolute atomic E-state index is 0.128. The van der Waals surface area contributed by atoms with E-state index in [0.717, 1.165) is 5.56 Å². The summed E-state index contributed by atoms with van der Waals surface area (Å²) in [5, 5.41) is 0.534. The van der Waals surface area contributed by atoms with Crippen LogP contribution >= 0.6 is 23.4 Å². The lowest BCUT2D eigenvalue weighted by atomic mass is 10.1. The number of carbonyl (C=O) groups excluding carboxylic acids is 1. The van der Waals surface area contributed by atoms with Crippen LogP contribution in [-0.4, -0.2) is 12.0 Å². The predicted molar refractivity (Wildman–Crippen MR) is 82.6 cm³/mol. The van der Waals surface area contributed by atoms with Crippen molar-refractivity contribution in [1.82, 2.24) is 0 Å². The molecule has 0 saturated carbocycles. The van der Waals surface area contributed by atoms with Crippen molar-refractivity contribution in [3.8, 4) is 5.75 Å². The van der Waals surface area contributed by atoms with Crippen molar-refractivity contribution < 1.29 is 9.53 Å². The van der Waals surface area contributed by atoms with Gasteiger partial charge in [-0.25, -0.2) is 0 Å². The molecule has 2 aromatic rings. The Labute approximate surface area is 126 Å². The van der Waals surface area contributed by atoms with E-state index in [9.17, 15) is 4.79 Å². The molecule has 0 aliphatic carbocycles. The molecule has 0 spiro atoms. The Kier molecular flexibility index (Phi) is 3.55. The first-order valence-corrected chi connectivity index (χ1v) is 7.65. The van der Waals surface area contributed by atoms with Crippen molar-refractivity contribution >= 4 is 35.2 Å². The van der Waals surface area contributed by atoms with Gasteiger partial charge in [0.2, 0.25) is 5.78 Å². The second-order valence-electron chi connectivity index (χ2n) is 4.35. The molecular weight excluding hydrogens is 292 g/mol. The molecule has 0 N–H and O–H groups in total. The Bertz CT molecular complexity index is 705. The van der Waals surface area contributed by atoms with E-state index in [1.807, 2.05) is 30.5 Å². The number of hydrogen-bond donors (Lipinski definition) is 0. The van der Waals surface area contributed by atoms with Gasteiger partial charge in [-0.3, -0.25) is 4.79 Å². The van der Waals surface area contributed by atoms with E-state index in [-0.39, 0.29) is 5.78 Å². The number of ether oxygens (including phenoxy) is 1. The van der Waals surface area contributed by atoms with Crippen LogP contribution in [0.4, 0.5) is 0 Å². The maximum atomic E-state index is 12.2. The third-order valence-corrected chi connectivity index (χ3v) is 4.02. The van der Waals surface area contributed by atoms with E-state index in [4.69, 9.17) is 16.3 Å². The molecule has 0 atom stereocenters. The minimum atomic E-state index is -0.128. The molecule has 100 valence electrons. The highest BCUT2D eigenvalue weighted by Crippen LogP contribution is 2.33. The molecule has 1 aliphatic rings. The Morgan fingerprint density at radius 2 is 1.90 bits per heavy atom. The Morgan fingerprint density at radius 1 is 1.15 bits per heavy atom. The van der Waals surface area contributed by atoms with Crippen LogP contribution in [0.1, 0.15) is 15.9 Å². The molecule has 4 heteroatoms. The molecule has 0 amide bonds. The van der Waals surface area contributed by atoms with Crippen LogP contribution < -0.4 is 4.74 Å². The molecule has 20 heavy (non-hydrogen) atoms. The van der Waals surface area contributed by atoms with Crippen molar-refractivity contribution in [2.75, 3.05) is 6.26 Å². The number of rotatable bonds is 2. The number of halogens is 1. The van der Waals surface area contributed by atoms with Crippen LogP contribution in [0.5, 0.6) is 5.75 Å². The quantitative estimate of drug-likeness (QED) is 0.595. The van der Waals surface area contributed by atoms with Crippen molar-refractivity contribution in [3.05, 3.63) is 64.4 Å². The molecule has 1 heterocycles. The second kappa shape index (κ2) is 5.35. The van der Waals surface area contributed by atoms with Crippen molar-refractivity contribution in [2.24, 2.45) is 0 Å². The maximum absolute atomic E-state index is 12.2. The van der Waals surface area contributed by atoms with Gasteiger partial charge in [-0.05, 0) is 48.2 Å². The third kappa shape index (κ3) is 2.47. The molecule has 0 saturated heterocycles. The van der Waals surface area contributed by atoms with E-state index in [2.05, 4.69) is 0 Å². The first kappa shape index (κ1) is 13.3. The van der Waals surface area contributed by atoms with Crippen molar-refractivity contribution in [1.29, 1.82) is 0 Å². The highest BCUT2D eigenvalue weighted by molar-refractivity contribution is 7.98. The minimum Gasteiger partial charge on any atom is -0.452 e. The van der Waals surface area contributed by atoms with Crippen LogP contribution in [0.3, 0.4) is 0 Å². The van der Waals surface area contributed by atoms with Gasteiger partial charge < -0.3 is 4.74 Å². The molecule has 0 aromatic heterocycles. The number of allylic oxidation sites excluding steroid dienone is 1. The van der Waals surface area contributed by atoms with E-state index in [0.29, 0.717) is 22.1 Å². The lowest BCUT2D eigenvalue weighted by Crippen LogP contribution is -1.98. The van der Waals surface area contributed by atoms with E-state index < -0.39 is 0 Å². The molecule has 1 aliphatic heterocycles. The Morgan fingerprint density at radius 3 is 2.60 bits per heavy atom. The number of fused-ring (bicyclic) bond motifs is 1. The van der Waals surface area contributed by atoms with E-state index in [1.165, 1.54) is 4.90 Å². The molecule has 2 aromatic carbocycles. The summed E-state index contributed by atoms with van der Waals surface area (Å²) < 4.78 is 5.58. The number of carbonyl (C=O) groups is 1. The van der Waals surface area contributed by atoms with Crippen LogP contribution in [0.2, 0.25) is 5.02 Å². The van der Waals surface area contributed by atoms with Crippen molar-refractivity contribution in [2.45, 2.75) is 4.90 Å². The summed E-state index contributed by atoms with van der Waals surface area (Å²) in [5.41, 5.74) is 1.45. The van der Waals surface area contributed by atoms with Crippen LogP contribution in [0, 0.1) is 0 Å². The standard InChI is InChI=1S/C16H11ClO2S/c1-20-12-5-2-10(3-6-12)8-15-16(18)13-9-11(17)4-7-14(13)19-15/h2-9H,1H3/b15-8-. The van der Waals surface area contributed by atoms with Crippen molar-refractivity contribution in [3.63, 3.8) is 0 Å². The second-order valence-corrected chi connectivity index (χ2v) is 5.67. The van der Waals surface area contributed by atoms with Gasteiger partial charge in [-0.15, -0.1) is 11.8 Å². The van der Waals surface area contributed by atoms with Gasteiger partial charge in [-0.1, -0.05) is 23.7 Å². The third-order valence-electron chi connectivity index (χ3n) is 3.04. The van der Waals surface area contributed by atoms with Crippen LogP contribution in [0.15, 0.2) is 53.1 Å². The van der Waals surface area contributed by atoms with Gasteiger partial charge >= 0.3 is 0 Å². The molecule has 3 rings (SSSR count). The van der Waals surface area contributed by atoms with Gasteiger partial charge in [0.05, 0.1) is 5.56 Å². The largest absolute Gasteiger partial charge is 0.452 e. The van der Waals surface area contributed by atoms with Gasteiger partial charge in [0.1, 0.15) is 5.75 Å². The van der Waals surface area contributed by atoms with E-state index in [1.54, 1.807) is 36.0 Å². The molecule has 0 unspecified atom stereocenters. The average Bonchev–Trinajstić information content (AvgIpc) is 2.76. The zero-order valence-corrected chi connectivity index (χ0v) is 12.3. The summed E-state index contributed by atoms with van der Waals surface area (Å²) in [6, 6.07) is 13.0. The zero-order chi connectivity index (χ0) is 14.1. The SMILES string of the molecule is CSc1ccc(/C=C2\Oc3ccc(Cl)cc3C2=O)cc1. The van der Waals surface area contributed by atoms with Gasteiger partial charge in [0, 0.05) is 9.92 Å². The van der Waals surface area contributed by atoms with E-state index >= 15 is 0 Å². The summed E-state index contributed by atoms with van der Waals surface area (Å²) >= 11 is 7.58. The fourth-order valence-corrected chi connectivity index (χ4v) is 2.59. The highest BCUT2D eigenvalue weighted by Gasteiger charge is 2.27. The van der Waals surface area contributed by atoms with Gasteiger partial charge in [-0.2, -0.15) is 0 Å². The maximum Gasteiger partial charge on any atom is 0.232 e. The Hall–Kier alpha value is -1.71. The molecule has 0 bridgehead atoms. The number of thioether (sulfide) groups is 1. The summed E-state index contributed by atoms with van der Waals surface area (Å²) in [6.45, 7) is 0. The number of benzene rings is 2. The predicted octanol–water partition coefficient (Wildman–Crippen LogP) is 4.68. The normalized spacial score (nSPS) is 15.3. The number of hydrogen-bond acceptors (Lipinski definition) is 3. The number of ketones is 1. The first-order valence-electron chi connectivity index (χ1n) is 6.05. The number of Topliss-reactive ketones (excluding diaryl/α,β-unsaturated/α-hetero) is 1. The lowest BCUT2D eigenvalue weighted by molar-refractivity contribution is 0.101. The fourth-order valence-electron chi connectivity index (χ4n) is 2.01. The van der Waals surface area contributed by atoms with Gasteiger partial charge in [0.25, 0.3) is 0 Å². The van der Waals surface area contributed by atoms with Crippen LogP contribution in [0.25, 0.3) is 6.08 Å². The average molecular weight is 303 g/mol. The molecule has 0 radical (unpaired) electrons. The monoisotopic (exact) mass is 302 g/mol. The summed E-state index contributed by atoms with van der Waals surface area (Å²) in [7, 11) is 0. The first-order chi connectivity index (χ1) is 9.67. The molecular formula is C16H11ClO2S. The molecule has 0 fully saturated rings. The molecule has 2 nitrogen and oxygen atoms in total. The summed E-state index contributed by atoms with van der Waals surface area (Å²) in [4.78, 5) is 13.4. The zero-order valence-electron chi connectivity index (χ0n) is 10.7. The smallest absolute Gasteiger partial charge is 0.232 e. The topological polar surface area (TPSA) is 26.3 Å².